The Morgan fingerprint density at radius 3 is 2.71 bits per heavy atom. The van der Waals surface area contributed by atoms with Gasteiger partial charge in [0.1, 0.15) is 24.0 Å². The fourth-order valence-electron chi connectivity index (χ4n) is 3.84. The van der Waals surface area contributed by atoms with Crippen LogP contribution in [0.25, 0.3) is 10.6 Å². The summed E-state index contributed by atoms with van der Waals surface area (Å²) >= 11 is 1.58. The lowest BCUT2D eigenvalue weighted by atomic mass is 9.90. The Labute approximate surface area is 183 Å². The van der Waals surface area contributed by atoms with Crippen molar-refractivity contribution in [3.8, 4) is 16.6 Å². The van der Waals surface area contributed by atoms with Crippen LogP contribution < -0.4 is 5.73 Å². The predicted molar refractivity (Wildman–Crippen MR) is 122 cm³/mol. The molecule has 0 saturated carbocycles. The third kappa shape index (κ3) is 3.21. The van der Waals surface area contributed by atoms with E-state index in [4.69, 9.17) is 10.8 Å². The molecule has 5 rings (SSSR count). The number of pyridine rings is 1. The summed E-state index contributed by atoms with van der Waals surface area (Å²) in [6.45, 7) is 1.97. The fraction of sp³-hybridized carbons (Fsp3) is 0.0870. The zero-order chi connectivity index (χ0) is 21.4. The Hall–Kier alpha value is -4.09. The first kappa shape index (κ1) is 18.9. The van der Waals surface area contributed by atoms with Crippen LogP contribution in [0.2, 0.25) is 0 Å². The van der Waals surface area contributed by atoms with Gasteiger partial charge in [-0.2, -0.15) is 9.83 Å². The number of nitriles is 1. The molecule has 7 nitrogen and oxygen atoms in total. The van der Waals surface area contributed by atoms with Crippen LogP contribution in [0.4, 0.5) is 11.5 Å². The Kier molecular flexibility index (Phi) is 4.65. The number of nitrogen functional groups attached to an aromatic ring is 1. The molecule has 150 valence electrons. The molecule has 0 radical (unpaired) electrons. The SMILES string of the molecule is CC1=N[N+](c2ccccc2)=C(n2ccnc2)C1c1cc(-c2cccs2)nc(N)c1C#N. The van der Waals surface area contributed by atoms with Gasteiger partial charge in [-0.15, -0.1) is 16.0 Å². The summed E-state index contributed by atoms with van der Waals surface area (Å²) in [5.41, 5.74) is 9.92. The number of hydrogen-bond acceptors (Lipinski definition) is 6. The largest absolute Gasteiger partial charge is 0.383 e. The number of aromatic nitrogens is 3. The van der Waals surface area contributed by atoms with E-state index in [1.54, 1.807) is 23.9 Å². The van der Waals surface area contributed by atoms with Crippen molar-refractivity contribution in [1.29, 1.82) is 5.26 Å². The molecule has 2 N–H and O–H groups in total. The van der Waals surface area contributed by atoms with Gasteiger partial charge in [0.2, 0.25) is 0 Å². The van der Waals surface area contributed by atoms with Gasteiger partial charge in [-0.25, -0.2) is 9.97 Å². The van der Waals surface area contributed by atoms with Crippen molar-refractivity contribution < 1.29 is 4.68 Å². The molecule has 1 aromatic carbocycles. The minimum atomic E-state index is -0.284. The molecular weight excluding hydrogens is 406 g/mol. The Morgan fingerprint density at radius 2 is 2.03 bits per heavy atom. The Balaban J connectivity index is 1.77. The summed E-state index contributed by atoms with van der Waals surface area (Å²) in [4.78, 5) is 9.72. The summed E-state index contributed by atoms with van der Waals surface area (Å²) in [6.07, 6.45) is 5.34. The van der Waals surface area contributed by atoms with Crippen molar-refractivity contribution in [2.45, 2.75) is 12.8 Å². The van der Waals surface area contributed by atoms with Crippen LogP contribution in [0.5, 0.6) is 0 Å². The van der Waals surface area contributed by atoms with Crippen LogP contribution in [-0.4, -0.2) is 30.8 Å². The molecule has 3 aromatic heterocycles. The summed E-state index contributed by atoms with van der Waals surface area (Å²) < 4.78 is 3.82. The van der Waals surface area contributed by atoms with E-state index in [2.05, 4.69) is 16.0 Å². The zero-order valence-corrected chi connectivity index (χ0v) is 17.5. The number of hydrogen-bond donors (Lipinski definition) is 1. The van der Waals surface area contributed by atoms with E-state index >= 15 is 0 Å². The topological polar surface area (TPSA) is 95.9 Å². The van der Waals surface area contributed by atoms with Gasteiger partial charge in [-0.1, -0.05) is 29.4 Å². The number of para-hydroxylation sites is 1. The molecule has 1 aliphatic heterocycles. The highest BCUT2D eigenvalue weighted by Crippen LogP contribution is 2.35. The normalized spacial score (nSPS) is 15.7. The monoisotopic (exact) mass is 424 g/mol. The van der Waals surface area contributed by atoms with Gasteiger partial charge >= 0.3 is 5.84 Å². The predicted octanol–water partition coefficient (Wildman–Crippen LogP) is 4.22. The van der Waals surface area contributed by atoms with Crippen LogP contribution in [-0.2, 0) is 0 Å². The van der Waals surface area contributed by atoms with E-state index in [1.165, 1.54) is 0 Å². The van der Waals surface area contributed by atoms with Gasteiger partial charge in [0.25, 0.3) is 0 Å². The number of anilines is 1. The lowest BCUT2D eigenvalue weighted by Crippen LogP contribution is -2.27. The number of benzene rings is 1. The molecule has 31 heavy (non-hydrogen) atoms. The molecule has 4 aromatic rings. The first-order valence-corrected chi connectivity index (χ1v) is 10.5. The molecule has 1 unspecified atom stereocenters. The Morgan fingerprint density at radius 1 is 1.19 bits per heavy atom. The highest BCUT2D eigenvalue weighted by molar-refractivity contribution is 7.13. The fourth-order valence-corrected chi connectivity index (χ4v) is 4.52. The molecular formula is C23H18N7S+. The molecule has 0 fully saturated rings. The van der Waals surface area contributed by atoms with Gasteiger partial charge in [-0.05, 0) is 42.1 Å². The van der Waals surface area contributed by atoms with Gasteiger partial charge in [0.05, 0.1) is 28.0 Å². The summed E-state index contributed by atoms with van der Waals surface area (Å²) in [7, 11) is 0. The van der Waals surface area contributed by atoms with Crippen molar-refractivity contribution >= 4 is 34.4 Å². The average molecular weight is 425 g/mol. The number of nitrogens with two attached hydrogens (primary N) is 1. The second-order valence-electron chi connectivity index (χ2n) is 7.10. The van der Waals surface area contributed by atoms with E-state index < -0.39 is 0 Å². The zero-order valence-electron chi connectivity index (χ0n) is 16.7. The molecule has 0 amide bonds. The molecule has 4 heterocycles. The van der Waals surface area contributed by atoms with Crippen molar-refractivity contribution in [3.63, 3.8) is 0 Å². The van der Waals surface area contributed by atoms with Crippen LogP contribution in [0.15, 0.2) is 77.7 Å². The van der Waals surface area contributed by atoms with Crippen molar-refractivity contribution in [2.24, 2.45) is 5.10 Å². The van der Waals surface area contributed by atoms with Crippen molar-refractivity contribution in [1.82, 2.24) is 14.5 Å². The smallest absolute Gasteiger partial charge is 0.301 e. The molecule has 1 atom stereocenters. The quantitative estimate of drug-likeness (QED) is 0.498. The maximum absolute atomic E-state index is 9.92. The highest BCUT2D eigenvalue weighted by atomic mass is 32.1. The summed E-state index contributed by atoms with van der Waals surface area (Å²) in [6, 6.07) is 18.1. The summed E-state index contributed by atoms with van der Waals surface area (Å²) in [5.74, 6) is 0.799. The van der Waals surface area contributed by atoms with Gasteiger partial charge in [0.15, 0.2) is 12.0 Å². The first-order chi connectivity index (χ1) is 15.2. The van der Waals surface area contributed by atoms with Crippen LogP contribution in [0.3, 0.4) is 0 Å². The molecule has 8 heteroatoms. The van der Waals surface area contributed by atoms with Gasteiger partial charge < -0.3 is 5.73 Å². The Bertz CT molecular complexity index is 1350. The lowest BCUT2D eigenvalue weighted by molar-refractivity contribution is -0.444. The van der Waals surface area contributed by atoms with E-state index in [9.17, 15) is 5.26 Å². The molecule has 0 aliphatic carbocycles. The number of nitrogens with zero attached hydrogens (tertiary/aromatic N) is 6. The number of hydrazone groups is 1. The molecule has 1 aliphatic rings. The van der Waals surface area contributed by atoms with Crippen LogP contribution >= 0.6 is 11.3 Å². The van der Waals surface area contributed by atoms with E-state index in [0.29, 0.717) is 5.56 Å². The van der Waals surface area contributed by atoms with Crippen LogP contribution in [0, 0.1) is 11.3 Å². The third-order valence-electron chi connectivity index (χ3n) is 5.19. The van der Waals surface area contributed by atoms with E-state index in [0.717, 1.165) is 33.4 Å². The molecule has 0 bridgehead atoms. The first-order valence-electron chi connectivity index (χ1n) is 9.67. The van der Waals surface area contributed by atoms with Gasteiger partial charge in [-0.3, -0.25) is 0 Å². The minimum absolute atomic E-state index is 0.222. The van der Waals surface area contributed by atoms with Gasteiger partial charge in [0, 0.05) is 0 Å². The third-order valence-corrected chi connectivity index (χ3v) is 6.09. The maximum Gasteiger partial charge on any atom is 0.301 e. The van der Waals surface area contributed by atoms with Crippen LogP contribution in [0.1, 0.15) is 24.0 Å². The molecule has 0 spiro atoms. The average Bonchev–Trinajstić information content (AvgIpc) is 3.54. The highest BCUT2D eigenvalue weighted by Gasteiger charge is 2.40. The number of thiophene rings is 1. The second kappa shape index (κ2) is 7.63. The van der Waals surface area contributed by atoms with E-state index in [-0.39, 0.29) is 11.7 Å². The number of imidazole rings is 1. The van der Waals surface area contributed by atoms with E-state index in [1.807, 2.05) is 76.3 Å². The van der Waals surface area contributed by atoms with Crippen molar-refractivity contribution in [3.05, 3.63) is 83.8 Å². The standard InChI is InChI=1S/C23H18N7S/c1-15-21(17-12-19(20-8-5-11-31-20)27-22(25)18(17)13-24)23(29-10-9-26-14-29)30(28-15)16-6-3-2-4-7-16/h2-12,14,21H,1H3,(H2,25,27)/q+1. The lowest BCUT2D eigenvalue weighted by Gasteiger charge is -2.15. The minimum Gasteiger partial charge on any atom is -0.383 e. The summed E-state index contributed by atoms with van der Waals surface area (Å²) in [5, 5.41) is 16.8. The molecule has 0 saturated heterocycles. The number of rotatable bonds is 3. The maximum atomic E-state index is 9.92. The second-order valence-corrected chi connectivity index (χ2v) is 8.04. The van der Waals surface area contributed by atoms with Crippen molar-refractivity contribution in [2.75, 3.05) is 5.73 Å².